The molecule has 1 saturated carbocycles. The molecule has 0 saturated heterocycles. The van der Waals surface area contributed by atoms with Crippen molar-refractivity contribution >= 4 is 16.8 Å². The molecule has 0 atom stereocenters. The van der Waals surface area contributed by atoms with E-state index in [0.717, 1.165) is 24.0 Å². The fourth-order valence-electron chi connectivity index (χ4n) is 2.58. The van der Waals surface area contributed by atoms with Crippen LogP contribution in [0.3, 0.4) is 0 Å². The smallest absolute Gasteiger partial charge is 0.200 e. The maximum Gasteiger partial charge on any atom is 0.200 e. The Labute approximate surface area is 124 Å². The van der Waals surface area contributed by atoms with Crippen molar-refractivity contribution in [3.8, 4) is 5.75 Å². The SMILES string of the molecule is CNC1CC(Oc2ccc3cc(C(=O)C(C)C)oc3c2)C1. The molecule has 1 aliphatic carbocycles. The fraction of sp³-hybridized carbons (Fsp3) is 0.471. The van der Waals surface area contributed by atoms with Gasteiger partial charge in [-0.2, -0.15) is 0 Å². The Hall–Kier alpha value is -1.81. The van der Waals surface area contributed by atoms with Gasteiger partial charge in [0.25, 0.3) is 0 Å². The summed E-state index contributed by atoms with van der Waals surface area (Å²) in [7, 11) is 1.98. The van der Waals surface area contributed by atoms with Crippen LogP contribution in [0, 0.1) is 5.92 Å². The van der Waals surface area contributed by atoms with Crippen LogP contribution in [0.15, 0.2) is 28.7 Å². The molecule has 1 N–H and O–H groups in total. The summed E-state index contributed by atoms with van der Waals surface area (Å²) in [6.45, 7) is 3.75. The van der Waals surface area contributed by atoms with Gasteiger partial charge in [-0.1, -0.05) is 13.8 Å². The molecule has 2 aromatic rings. The molecule has 1 heterocycles. The quantitative estimate of drug-likeness (QED) is 0.856. The van der Waals surface area contributed by atoms with Crippen molar-refractivity contribution in [2.45, 2.75) is 38.8 Å². The predicted molar refractivity (Wildman–Crippen MR) is 81.9 cm³/mol. The summed E-state index contributed by atoms with van der Waals surface area (Å²) in [5.74, 6) is 1.20. The van der Waals surface area contributed by atoms with Gasteiger partial charge in [-0.05, 0) is 38.1 Å². The second-order valence-corrected chi connectivity index (χ2v) is 6.03. The fourth-order valence-corrected chi connectivity index (χ4v) is 2.58. The highest BCUT2D eigenvalue weighted by atomic mass is 16.5. The molecule has 1 aromatic heterocycles. The Balaban J connectivity index is 1.76. The van der Waals surface area contributed by atoms with Gasteiger partial charge in [0.05, 0.1) is 0 Å². The molecule has 1 fully saturated rings. The number of ketones is 1. The van der Waals surface area contributed by atoms with Gasteiger partial charge < -0.3 is 14.5 Å². The number of benzene rings is 1. The van der Waals surface area contributed by atoms with Gasteiger partial charge >= 0.3 is 0 Å². The van der Waals surface area contributed by atoms with Crippen molar-refractivity contribution in [2.75, 3.05) is 7.05 Å². The van der Waals surface area contributed by atoms with E-state index in [9.17, 15) is 4.79 Å². The highest BCUT2D eigenvalue weighted by Gasteiger charge is 2.29. The van der Waals surface area contributed by atoms with Crippen LogP contribution in [-0.2, 0) is 0 Å². The van der Waals surface area contributed by atoms with Crippen molar-refractivity contribution in [2.24, 2.45) is 5.92 Å². The lowest BCUT2D eigenvalue weighted by molar-refractivity contribution is 0.0883. The Morgan fingerprint density at radius 1 is 1.33 bits per heavy atom. The highest BCUT2D eigenvalue weighted by molar-refractivity contribution is 5.98. The lowest BCUT2D eigenvalue weighted by atomic mass is 9.89. The number of carbonyl (C=O) groups excluding carboxylic acids is 1. The number of hydrogen-bond acceptors (Lipinski definition) is 4. The minimum atomic E-state index is -0.0604. The van der Waals surface area contributed by atoms with Gasteiger partial charge in [0, 0.05) is 23.4 Å². The molecule has 0 bridgehead atoms. The van der Waals surface area contributed by atoms with Gasteiger partial charge in [0.15, 0.2) is 5.76 Å². The number of furan rings is 1. The van der Waals surface area contributed by atoms with Crippen molar-refractivity contribution in [3.05, 3.63) is 30.0 Å². The van der Waals surface area contributed by atoms with Crippen molar-refractivity contribution in [1.82, 2.24) is 5.32 Å². The Kier molecular flexibility index (Phi) is 3.72. The summed E-state index contributed by atoms with van der Waals surface area (Å²) in [5, 5.41) is 4.18. The van der Waals surface area contributed by atoms with Gasteiger partial charge in [-0.3, -0.25) is 4.79 Å². The molecular formula is C17H21NO3. The van der Waals surface area contributed by atoms with E-state index >= 15 is 0 Å². The van der Waals surface area contributed by atoms with Crippen LogP contribution in [0.1, 0.15) is 37.2 Å². The van der Waals surface area contributed by atoms with Crippen molar-refractivity contribution in [3.63, 3.8) is 0 Å². The standard InChI is InChI=1S/C17H21NO3/c1-10(2)17(19)16-6-11-4-5-13(9-15(11)21-16)20-14-7-12(8-14)18-3/h4-6,9-10,12,14,18H,7-8H2,1-3H3. The summed E-state index contributed by atoms with van der Waals surface area (Å²) in [6, 6.07) is 8.13. The summed E-state index contributed by atoms with van der Waals surface area (Å²) < 4.78 is 11.6. The average molecular weight is 287 g/mol. The minimum Gasteiger partial charge on any atom is -0.490 e. The second-order valence-electron chi connectivity index (χ2n) is 6.03. The van der Waals surface area contributed by atoms with Crippen LogP contribution in [0.2, 0.25) is 0 Å². The number of fused-ring (bicyclic) bond motifs is 1. The summed E-state index contributed by atoms with van der Waals surface area (Å²) in [5.41, 5.74) is 0.709. The number of nitrogens with one attached hydrogen (secondary N) is 1. The number of hydrogen-bond donors (Lipinski definition) is 1. The van der Waals surface area contributed by atoms with E-state index < -0.39 is 0 Å². The normalized spacial score (nSPS) is 21.5. The average Bonchev–Trinajstić information content (AvgIpc) is 2.84. The molecule has 4 nitrogen and oxygen atoms in total. The molecule has 1 aliphatic rings. The molecule has 0 amide bonds. The number of carbonyl (C=O) groups is 1. The van der Waals surface area contributed by atoms with E-state index in [-0.39, 0.29) is 17.8 Å². The number of Topliss-reactive ketones (excluding diaryl/α,β-unsaturated/α-hetero) is 1. The van der Waals surface area contributed by atoms with Crippen LogP contribution in [0.25, 0.3) is 11.0 Å². The van der Waals surface area contributed by atoms with Crippen molar-refractivity contribution < 1.29 is 13.9 Å². The Morgan fingerprint density at radius 2 is 2.10 bits per heavy atom. The lowest BCUT2D eigenvalue weighted by Crippen LogP contribution is -2.45. The molecular weight excluding hydrogens is 266 g/mol. The third-order valence-corrected chi connectivity index (χ3v) is 4.06. The van der Waals surface area contributed by atoms with Crippen LogP contribution >= 0.6 is 0 Å². The monoisotopic (exact) mass is 287 g/mol. The van der Waals surface area contributed by atoms with Crippen LogP contribution in [-0.4, -0.2) is 25.0 Å². The van der Waals surface area contributed by atoms with E-state index in [0.29, 0.717) is 17.4 Å². The third kappa shape index (κ3) is 2.81. The molecule has 112 valence electrons. The highest BCUT2D eigenvalue weighted by Crippen LogP contribution is 2.29. The molecule has 0 unspecified atom stereocenters. The van der Waals surface area contributed by atoms with E-state index in [2.05, 4.69) is 5.32 Å². The first-order valence-corrected chi connectivity index (χ1v) is 7.48. The maximum absolute atomic E-state index is 12.0. The lowest BCUT2D eigenvalue weighted by Gasteiger charge is -2.35. The number of ether oxygens (including phenoxy) is 1. The third-order valence-electron chi connectivity index (χ3n) is 4.06. The molecule has 1 aromatic carbocycles. The van der Waals surface area contributed by atoms with Gasteiger partial charge in [0.2, 0.25) is 5.78 Å². The van der Waals surface area contributed by atoms with Crippen molar-refractivity contribution in [1.29, 1.82) is 0 Å². The summed E-state index contributed by atoms with van der Waals surface area (Å²) >= 11 is 0. The zero-order valence-electron chi connectivity index (χ0n) is 12.7. The van der Waals surface area contributed by atoms with E-state index in [1.165, 1.54) is 0 Å². The molecule has 0 radical (unpaired) electrons. The topological polar surface area (TPSA) is 51.5 Å². The molecule has 3 rings (SSSR count). The first kappa shape index (κ1) is 14.1. The molecule has 4 heteroatoms. The first-order chi connectivity index (χ1) is 10.1. The Bertz CT molecular complexity index is 653. The van der Waals surface area contributed by atoms with E-state index in [4.69, 9.17) is 9.15 Å². The van der Waals surface area contributed by atoms with E-state index in [1.807, 2.05) is 45.2 Å². The second kappa shape index (κ2) is 5.53. The Morgan fingerprint density at radius 3 is 2.76 bits per heavy atom. The largest absolute Gasteiger partial charge is 0.490 e. The minimum absolute atomic E-state index is 0.0320. The predicted octanol–water partition coefficient (Wildman–Crippen LogP) is 3.40. The molecule has 0 aliphatic heterocycles. The van der Waals surface area contributed by atoms with Gasteiger partial charge in [0.1, 0.15) is 17.4 Å². The first-order valence-electron chi connectivity index (χ1n) is 7.48. The van der Waals surface area contributed by atoms with Crippen LogP contribution in [0.4, 0.5) is 0 Å². The summed E-state index contributed by atoms with van der Waals surface area (Å²) in [4.78, 5) is 12.0. The zero-order chi connectivity index (χ0) is 15.0. The van der Waals surface area contributed by atoms with Gasteiger partial charge in [-0.15, -0.1) is 0 Å². The van der Waals surface area contributed by atoms with Crippen LogP contribution < -0.4 is 10.1 Å². The molecule has 21 heavy (non-hydrogen) atoms. The van der Waals surface area contributed by atoms with Gasteiger partial charge in [-0.25, -0.2) is 0 Å². The van der Waals surface area contributed by atoms with E-state index in [1.54, 1.807) is 0 Å². The number of rotatable bonds is 5. The summed E-state index contributed by atoms with van der Waals surface area (Å²) in [6.07, 6.45) is 2.33. The maximum atomic E-state index is 12.0. The zero-order valence-corrected chi connectivity index (χ0v) is 12.7. The molecule has 0 spiro atoms. The van der Waals surface area contributed by atoms with Crippen LogP contribution in [0.5, 0.6) is 5.75 Å².